The molecule has 0 bridgehead atoms. The minimum atomic E-state index is -3.97. The lowest BCUT2D eigenvalue weighted by molar-refractivity contribution is 0.529. The fraction of sp³-hybridized carbons (Fsp3) is 0.0556. The average Bonchev–Trinajstić information content (AvgIpc) is 2.54. The summed E-state index contributed by atoms with van der Waals surface area (Å²) in [6.45, 7) is 1.64. The van der Waals surface area contributed by atoms with Gasteiger partial charge in [0.15, 0.2) is 5.43 Å². The Kier molecular flexibility index (Phi) is 4.09. The van der Waals surface area contributed by atoms with Crippen molar-refractivity contribution in [1.82, 2.24) is 0 Å². The lowest BCUT2D eigenvalue weighted by Gasteiger charge is -2.12. The maximum Gasteiger partial charge on any atom is 0.238 e. The molecule has 24 heavy (non-hydrogen) atoms. The minimum Gasteiger partial charge on any atom is -0.460 e. The van der Waals surface area contributed by atoms with E-state index in [0.29, 0.717) is 16.9 Å². The molecule has 0 aliphatic carbocycles. The third-order valence-electron chi connectivity index (χ3n) is 3.57. The summed E-state index contributed by atoms with van der Waals surface area (Å²) in [7, 11) is -3.97. The molecule has 0 spiro atoms. The highest BCUT2D eigenvalue weighted by molar-refractivity contribution is 7.89. The van der Waals surface area contributed by atoms with E-state index in [4.69, 9.17) is 9.56 Å². The first-order valence-corrected chi connectivity index (χ1v) is 8.75. The van der Waals surface area contributed by atoms with Crippen LogP contribution in [0, 0.1) is 6.92 Å². The van der Waals surface area contributed by atoms with E-state index in [-0.39, 0.29) is 21.6 Å². The second-order valence-corrected chi connectivity index (χ2v) is 6.86. The maximum atomic E-state index is 12.6. The molecule has 0 saturated heterocycles. The van der Waals surface area contributed by atoms with Gasteiger partial charge < -0.3 is 4.42 Å². The van der Waals surface area contributed by atoms with Crippen molar-refractivity contribution >= 4 is 10.0 Å². The molecule has 3 rings (SSSR count). The Labute approximate surface area is 139 Å². The Morgan fingerprint density at radius 2 is 1.58 bits per heavy atom. The number of primary sulfonamides is 1. The van der Waals surface area contributed by atoms with Gasteiger partial charge in [-0.3, -0.25) is 4.79 Å². The van der Waals surface area contributed by atoms with E-state index in [1.165, 1.54) is 12.1 Å². The Balaban J connectivity index is 2.41. The molecule has 1 aromatic heterocycles. The molecule has 0 unspecified atom stereocenters. The molecule has 0 saturated carbocycles. The van der Waals surface area contributed by atoms with E-state index < -0.39 is 10.0 Å². The molecule has 0 radical (unpaired) electrons. The molecular weight excluding hydrogens is 326 g/mol. The van der Waals surface area contributed by atoms with Gasteiger partial charge in [0, 0.05) is 11.6 Å². The van der Waals surface area contributed by atoms with Crippen LogP contribution in [0.5, 0.6) is 0 Å². The fourth-order valence-electron chi connectivity index (χ4n) is 2.58. The van der Waals surface area contributed by atoms with Gasteiger partial charge in [-0.05, 0) is 24.6 Å². The van der Waals surface area contributed by atoms with Gasteiger partial charge in [0.05, 0.1) is 10.5 Å². The van der Waals surface area contributed by atoms with Crippen LogP contribution in [-0.2, 0) is 10.0 Å². The largest absolute Gasteiger partial charge is 0.460 e. The van der Waals surface area contributed by atoms with E-state index in [9.17, 15) is 13.2 Å². The van der Waals surface area contributed by atoms with Gasteiger partial charge in [-0.1, -0.05) is 42.5 Å². The highest BCUT2D eigenvalue weighted by atomic mass is 32.2. The lowest BCUT2D eigenvalue weighted by atomic mass is 10.00. The number of hydrogen-bond acceptors (Lipinski definition) is 4. The Morgan fingerprint density at radius 1 is 0.958 bits per heavy atom. The van der Waals surface area contributed by atoms with Crippen molar-refractivity contribution in [3.63, 3.8) is 0 Å². The Hall–Kier alpha value is -2.70. The summed E-state index contributed by atoms with van der Waals surface area (Å²) < 4.78 is 29.6. The first-order valence-electron chi connectivity index (χ1n) is 7.20. The van der Waals surface area contributed by atoms with Crippen LogP contribution < -0.4 is 10.6 Å². The first kappa shape index (κ1) is 16.2. The third-order valence-corrected chi connectivity index (χ3v) is 4.54. The van der Waals surface area contributed by atoms with Crippen molar-refractivity contribution in [2.24, 2.45) is 5.14 Å². The van der Waals surface area contributed by atoms with Gasteiger partial charge in [-0.15, -0.1) is 0 Å². The smallest absolute Gasteiger partial charge is 0.238 e. The average molecular weight is 341 g/mol. The predicted molar refractivity (Wildman–Crippen MR) is 92.0 cm³/mol. The van der Waals surface area contributed by atoms with Crippen LogP contribution >= 0.6 is 0 Å². The summed E-state index contributed by atoms with van der Waals surface area (Å²) in [5.41, 5.74) is 0.964. The highest BCUT2D eigenvalue weighted by Gasteiger charge is 2.21. The maximum absolute atomic E-state index is 12.6. The number of sulfonamides is 1. The van der Waals surface area contributed by atoms with Gasteiger partial charge >= 0.3 is 0 Å². The van der Waals surface area contributed by atoms with Crippen molar-refractivity contribution in [2.75, 3.05) is 0 Å². The van der Waals surface area contributed by atoms with Crippen molar-refractivity contribution in [2.45, 2.75) is 11.8 Å². The van der Waals surface area contributed by atoms with Crippen LogP contribution in [0.15, 0.2) is 74.8 Å². The van der Waals surface area contributed by atoms with E-state index in [1.807, 2.05) is 6.07 Å². The number of aryl methyl sites for hydroxylation is 1. The van der Waals surface area contributed by atoms with Gasteiger partial charge in [0.25, 0.3) is 0 Å². The minimum absolute atomic E-state index is 0.0871. The second kappa shape index (κ2) is 6.07. The summed E-state index contributed by atoms with van der Waals surface area (Å²) in [6.07, 6.45) is 0. The number of rotatable bonds is 3. The van der Waals surface area contributed by atoms with Crippen LogP contribution in [0.2, 0.25) is 0 Å². The molecule has 3 aromatic rings. The van der Waals surface area contributed by atoms with Gasteiger partial charge in [0.2, 0.25) is 10.0 Å². The molecule has 0 aliphatic heterocycles. The molecule has 1 heterocycles. The van der Waals surface area contributed by atoms with Gasteiger partial charge in [0.1, 0.15) is 11.5 Å². The van der Waals surface area contributed by atoms with Crippen LogP contribution in [0.25, 0.3) is 22.5 Å². The SMILES string of the molecule is Cc1cc(=O)c(-c2ccccc2)c(-c2ccccc2S(N)(=O)=O)o1. The van der Waals surface area contributed by atoms with E-state index in [0.717, 1.165) is 0 Å². The summed E-state index contributed by atoms with van der Waals surface area (Å²) in [4.78, 5) is 12.5. The highest BCUT2D eigenvalue weighted by Crippen LogP contribution is 2.33. The zero-order chi connectivity index (χ0) is 17.3. The summed E-state index contributed by atoms with van der Waals surface area (Å²) in [5.74, 6) is 0.578. The zero-order valence-corrected chi connectivity index (χ0v) is 13.7. The van der Waals surface area contributed by atoms with Crippen LogP contribution in [-0.4, -0.2) is 8.42 Å². The summed E-state index contributed by atoms with van der Waals surface area (Å²) in [5, 5.41) is 5.31. The van der Waals surface area contributed by atoms with E-state index >= 15 is 0 Å². The molecular formula is C18H15NO4S. The van der Waals surface area contributed by atoms with Gasteiger partial charge in [-0.2, -0.15) is 0 Å². The summed E-state index contributed by atoms with van der Waals surface area (Å²) in [6, 6.07) is 16.5. The van der Waals surface area contributed by atoms with Crippen LogP contribution in [0.3, 0.4) is 0 Å². The first-order chi connectivity index (χ1) is 11.4. The molecule has 0 fully saturated rings. The second-order valence-electron chi connectivity index (χ2n) is 5.33. The third kappa shape index (κ3) is 3.02. The lowest BCUT2D eigenvalue weighted by Crippen LogP contribution is -2.14. The summed E-state index contributed by atoms with van der Waals surface area (Å²) >= 11 is 0. The van der Waals surface area contributed by atoms with Gasteiger partial charge in [-0.25, -0.2) is 13.6 Å². The van der Waals surface area contributed by atoms with Crippen LogP contribution in [0.4, 0.5) is 0 Å². The fourth-order valence-corrected chi connectivity index (χ4v) is 3.32. The molecule has 122 valence electrons. The molecule has 2 N–H and O–H groups in total. The standard InChI is InChI=1S/C18H15NO4S/c1-12-11-15(20)17(13-7-3-2-4-8-13)18(23-12)14-9-5-6-10-16(14)24(19,21)22/h2-11H,1H3,(H2,19,21,22). The number of nitrogens with two attached hydrogens (primary N) is 1. The quantitative estimate of drug-likeness (QED) is 0.793. The van der Waals surface area contributed by atoms with Crippen molar-refractivity contribution < 1.29 is 12.8 Å². The van der Waals surface area contributed by atoms with Crippen LogP contribution in [0.1, 0.15) is 5.76 Å². The molecule has 0 aliphatic rings. The van der Waals surface area contributed by atoms with E-state index in [2.05, 4.69) is 0 Å². The van der Waals surface area contributed by atoms with Crippen molar-refractivity contribution in [3.05, 3.63) is 76.6 Å². The predicted octanol–water partition coefficient (Wildman–Crippen LogP) is 2.93. The topological polar surface area (TPSA) is 90.4 Å². The van der Waals surface area contributed by atoms with Crippen molar-refractivity contribution in [3.8, 4) is 22.5 Å². The molecule has 6 heteroatoms. The zero-order valence-electron chi connectivity index (χ0n) is 12.9. The molecule has 0 amide bonds. The normalized spacial score (nSPS) is 11.4. The molecule has 0 atom stereocenters. The molecule has 2 aromatic carbocycles. The Morgan fingerprint density at radius 3 is 2.25 bits per heavy atom. The number of hydrogen-bond donors (Lipinski definition) is 1. The van der Waals surface area contributed by atoms with E-state index in [1.54, 1.807) is 49.4 Å². The van der Waals surface area contributed by atoms with Crippen molar-refractivity contribution in [1.29, 1.82) is 0 Å². The number of benzene rings is 2. The molecule has 5 nitrogen and oxygen atoms in total. The monoisotopic (exact) mass is 341 g/mol. The Bertz CT molecular complexity index is 1050.